The molecule has 10 heteroatoms. The molecule has 1 aromatic rings. The molecule has 20 heavy (non-hydrogen) atoms. The molecule has 1 aliphatic rings. The lowest BCUT2D eigenvalue weighted by atomic mass is 10.5. The summed E-state index contributed by atoms with van der Waals surface area (Å²) in [4.78, 5) is -0.0284. The quantitative estimate of drug-likeness (QED) is 0.756. The third-order valence-corrected chi connectivity index (χ3v) is 7.20. The van der Waals surface area contributed by atoms with Crippen LogP contribution < -0.4 is 5.73 Å². The molecule has 0 amide bonds. The molecule has 0 saturated carbocycles. The number of rotatable bonds is 2. The highest BCUT2D eigenvalue weighted by Gasteiger charge is 2.33. The molecule has 0 spiro atoms. The molecular weight excluding hydrogens is 304 g/mol. The Bertz CT molecular complexity index is 721. The molecule has 8 nitrogen and oxygen atoms in total. The first-order valence-corrected chi connectivity index (χ1v) is 9.41. The van der Waals surface area contributed by atoms with Crippen LogP contribution in [0.2, 0.25) is 0 Å². The molecule has 2 rings (SSSR count). The maximum absolute atomic E-state index is 12.6. The van der Waals surface area contributed by atoms with Gasteiger partial charge in [-0.2, -0.15) is 9.40 Å². The van der Waals surface area contributed by atoms with Crippen LogP contribution in [0.3, 0.4) is 0 Å². The molecule has 0 atom stereocenters. The minimum Gasteiger partial charge on any atom is -0.381 e. The van der Waals surface area contributed by atoms with Crippen LogP contribution in [0.5, 0.6) is 0 Å². The summed E-state index contributed by atoms with van der Waals surface area (Å²) in [5.41, 5.74) is 6.11. The van der Waals surface area contributed by atoms with Gasteiger partial charge in [-0.05, 0) is 13.3 Å². The number of aryl methyl sites for hydroxylation is 1. The van der Waals surface area contributed by atoms with Crippen molar-refractivity contribution >= 4 is 25.7 Å². The van der Waals surface area contributed by atoms with Gasteiger partial charge in [0.05, 0.1) is 17.2 Å². The smallest absolute Gasteiger partial charge is 0.248 e. The number of sulfonamides is 1. The minimum absolute atomic E-state index is 0.0144. The Morgan fingerprint density at radius 1 is 1.25 bits per heavy atom. The SMILES string of the molecule is Cc1c(S(=O)(=O)N2CCCS(=O)(=O)CC2)c(N)nn1C. The largest absolute Gasteiger partial charge is 0.381 e. The van der Waals surface area contributed by atoms with Crippen LogP contribution in [-0.4, -0.2) is 55.5 Å². The number of nitrogens with two attached hydrogens (primary N) is 1. The first kappa shape index (κ1) is 15.3. The molecule has 0 bridgehead atoms. The van der Waals surface area contributed by atoms with E-state index in [4.69, 9.17) is 5.73 Å². The van der Waals surface area contributed by atoms with Gasteiger partial charge in [0.15, 0.2) is 15.7 Å². The van der Waals surface area contributed by atoms with E-state index in [-0.39, 0.29) is 35.3 Å². The maximum Gasteiger partial charge on any atom is 0.248 e. The first-order valence-electron chi connectivity index (χ1n) is 6.15. The van der Waals surface area contributed by atoms with Crippen molar-refractivity contribution in [2.75, 3.05) is 30.3 Å². The number of aromatic nitrogens is 2. The predicted molar refractivity (Wildman–Crippen MR) is 74.4 cm³/mol. The maximum atomic E-state index is 12.6. The van der Waals surface area contributed by atoms with Gasteiger partial charge in [0.2, 0.25) is 10.0 Å². The van der Waals surface area contributed by atoms with E-state index in [9.17, 15) is 16.8 Å². The van der Waals surface area contributed by atoms with Crippen LogP contribution in [0.25, 0.3) is 0 Å². The summed E-state index contributed by atoms with van der Waals surface area (Å²) in [5.74, 6) is -0.205. The molecule has 1 aromatic heterocycles. The van der Waals surface area contributed by atoms with Gasteiger partial charge in [-0.25, -0.2) is 16.8 Å². The van der Waals surface area contributed by atoms with Gasteiger partial charge in [-0.1, -0.05) is 0 Å². The van der Waals surface area contributed by atoms with E-state index in [2.05, 4.69) is 5.10 Å². The molecule has 1 saturated heterocycles. The molecule has 0 aromatic carbocycles. The second-order valence-corrected chi connectivity index (χ2v) is 9.01. The van der Waals surface area contributed by atoms with Crippen molar-refractivity contribution in [2.24, 2.45) is 7.05 Å². The Morgan fingerprint density at radius 2 is 1.90 bits per heavy atom. The normalized spacial score (nSPS) is 20.7. The highest BCUT2D eigenvalue weighted by atomic mass is 32.2. The van der Waals surface area contributed by atoms with Gasteiger partial charge in [0.25, 0.3) is 0 Å². The van der Waals surface area contributed by atoms with Crippen LogP contribution in [0.15, 0.2) is 4.90 Å². The Morgan fingerprint density at radius 3 is 2.45 bits per heavy atom. The zero-order valence-corrected chi connectivity index (χ0v) is 13.0. The van der Waals surface area contributed by atoms with Gasteiger partial charge in [-0.3, -0.25) is 4.68 Å². The van der Waals surface area contributed by atoms with Gasteiger partial charge >= 0.3 is 0 Å². The van der Waals surface area contributed by atoms with Crippen LogP contribution in [-0.2, 0) is 26.9 Å². The number of hydrogen-bond donors (Lipinski definition) is 1. The molecule has 114 valence electrons. The van der Waals surface area contributed by atoms with Crippen LogP contribution in [0, 0.1) is 6.92 Å². The molecule has 2 N–H and O–H groups in total. The fourth-order valence-electron chi connectivity index (χ4n) is 2.22. The number of nitrogens with zero attached hydrogens (tertiary/aromatic N) is 3. The Kier molecular flexibility index (Phi) is 3.82. The third-order valence-electron chi connectivity index (χ3n) is 3.42. The summed E-state index contributed by atoms with van der Waals surface area (Å²) >= 11 is 0. The van der Waals surface area contributed by atoms with E-state index in [1.54, 1.807) is 14.0 Å². The van der Waals surface area contributed by atoms with Crippen LogP contribution in [0.4, 0.5) is 5.82 Å². The number of anilines is 1. The second kappa shape index (κ2) is 5.01. The van der Waals surface area contributed by atoms with E-state index in [1.165, 1.54) is 8.99 Å². The standard InChI is InChI=1S/C10H18N4O4S2/c1-8-9(10(11)12-13(8)2)20(17,18)14-4-3-6-19(15,16)7-5-14/h3-7H2,1-2H3,(H2,11,12). The van der Waals surface area contributed by atoms with E-state index in [0.29, 0.717) is 12.1 Å². The van der Waals surface area contributed by atoms with E-state index >= 15 is 0 Å². The van der Waals surface area contributed by atoms with Crippen LogP contribution >= 0.6 is 0 Å². The lowest BCUT2D eigenvalue weighted by Crippen LogP contribution is -2.34. The molecule has 1 aliphatic heterocycles. The fourth-order valence-corrected chi connectivity index (χ4v) is 5.38. The summed E-state index contributed by atoms with van der Waals surface area (Å²) in [6.07, 6.45) is 0.292. The van der Waals surface area contributed by atoms with Crippen molar-refractivity contribution < 1.29 is 16.8 Å². The summed E-state index contributed by atoms with van der Waals surface area (Å²) in [7, 11) is -5.37. The van der Waals surface area contributed by atoms with Gasteiger partial charge < -0.3 is 5.73 Å². The molecule has 2 heterocycles. The number of sulfone groups is 1. The number of hydrogen-bond acceptors (Lipinski definition) is 6. The van der Waals surface area contributed by atoms with Crippen molar-refractivity contribution in [1.82, 2.24) is 14.1 Å². The Balaban J connectivity index is 2.40. The van der Waals surface area contributed by atoms with Crippen molar-refractivity contribution in [2.45, 2.75) is 18.2 Å². The summed E-state index contributed by atoms with van der Waals surface area (Å²) in [5, 5.41) is 3.89. The average Bonchev–Trinajstić information content (AvgIpc) is 2.48. The molecular formula is C10H18N4O4S2. The average molecular weight is 322 g/mol. The third kappa shape index (κ3) is 2.67. The van der Waals surface area contributed by atoms with Gasteiger partial charge in [0, 0.05) is 20.1 Å². The van der Waals surface area contributed by atoms with E-state index in [0.717, 1.165) is 0 Å². The summed E-state index contributed by atoms with van der Waals surface area (Å²) < 4.78 is 50.9. The zero-order valence-electron chi connectivity index (χ0n) is 11.4. The van der Waals surface area contributed by atoms with Crippen molar-refractivity contribution in [3.8, 4) is 0 Å². The highest BCUT2D eigenvalue weighted by Crippen LogP contribution is 2.26. The van der Waals surface area contributed by atoms with Gasteiger partial charge in [-0.15, -0.1) is 0 Å². The van der Waals surface area contributed by atoms with Crippen LogP contribution in [0.1, 0.15) is 12.1 Å². The van der Waals surface area contributed by atoms with Crippen molar-refractivity contribution in [3.05, 3.63) is 5.69 Å². The first-order chi connectivity index (χ1) is 9.15. The monoisotopic (exact) mass is 322 g/mol. The van der Waals surface area contributed by atoms with Crippen molar-refractivity contribution in [3.63, 3.8) is 0 Å². The van der Waals surface area contributed by atoms with E-state index in [1.807, 2.05) is 0 Å². The molecule has 0 aliphatic carbocycles. The molecule has 1 fully saturated rings. The predicted octanol–water partition coefficient (Wildman–Crippen LogP) is -0.880. The summed E-state index contributed by atoms with van der Waals surface area (Å²) in [6.45, 7) is 1.75. The van der Waals surface area contributed by atoms with Gasteiger partial charge in [0.1, 0.15) is 4.90 Å². The minimum atomic E-state index is -3.82. The topological polar surface area (TPSA) is 115 Å². The fraction of sp³-hybridized carbons (Fsp3) is 0.700. The lowest BCUT2D eigenvalue weighted by Gasteiger charge is -2.19. The van der Waals surface area contributed by atoms with E-state index < -0.39 is 19.9 Å². The Hall–Kier alpha value is -1.13. The Labute approximate surface area is 118 Å². The number of nitrogen functional groups attached to an aromatic ring is 1. The summed E-state index contributed by atoms with van der Waals surface area (Å²) in [6, 6.07) is 0. The molecule has 0 radical (unpaired) electrons. The zero-order chi connectivity index (χ0) is 15.1. The second-order valence-electron chi connectivity index (χ2n) is 4.83. The van der Waals surface area contributed by atoms with Crippen molar-refractivity contribution in [1.29, 1.82) is 0 Å². The lowest BCUT2D eigenvalue weighted by molar-refractivity contribution is 0.434. The highest BCUT2D eigenvalue weighted by molar-refractivity contribution is 7.91. The molecule has 0 unspecified atom stereocenters.